The molecule has 2 aromatic carbocycles. The number of esters is 3. The summed E-state index contributed by atoms with van der Waals surface area (Å²) in [6.07, 6.45) is 0.641. The maximum absolute atomic E-state index is 13.5. The van der Waals surface area contributed by atoms with Crippen molar-refractivity contribution in [1.82, 2.24) is 0 Å². The van der Waals surface area contributed by atoms with Crippen molar-refractivity contribution in [1.29, 1.82) is 0 Å². The smallest absolute Gasteiger partial charge is 0.303 e. The number of ether oxygens (including phenoxy) is 3. The minimum atomic E-state index is -3.04. The zero-order chi connectivity index (χ0) is 49.1. The van der Waals surface area contributed by atoms with Gasteiger partial charge in [-0.05, 0) is 106 Å². The van der Waals surface area contributed by atoms with Crippen molar-refractivity contribution in [3.63, 3.8) is 0 Å². The van der Waals surface area contributed by atoms with Crippen LogP contribution >= 0.6 is 0 Å². The molecule has 2 aromatic rings. The highest BCUT2D eigenvalue weighted by atomic mass is 28.4. The second kappa shape index (κ2) is 20.9. The second-order valence-electron chi connectivity index (χ2n) is 24.1. The minimum Gasteiger partial charge on any atom is -0.461 e. The lowest BCUT2D eigenvalue weighted by Gasteiger charge is -2.60. The largest absolute Gasteiger partial charge is 0.461 e. The predicted molar refractivity (Wildman–Crippen MR) is 271 cm³/mol. The van der Waals surface area contributed by atoms with E-state index >= 15 is 0 Å². The van der Waals surface area contributed by atoms with Gasteiger partial charge < -0.3 is 27.5 Å². The molecule has 2 aliphatic carbocycles. The molecule has 65 heavy (non-hydrogen) atoms. The molecule has 0 radical (unpaired) electrons. The van der Waals surface area contributed by atoms with Crippen molar-refractivity contribution in [2.24, 2.45) is 41.4 Å². The average Bonchev–Trinajstić information content (AvgIpc) is 3.18. The quantitative estimate of drug-likeness (QED) is 0.0870. The molecule has 0 spiro atoms. The Bertz CT molecular complexity index is 1840. The molecule has 0 N–H and O–H groups in total. The Morgan fingerprint density at radius 2 is 1.15 bits per heavy atom. The molecule has 0 unspecified atom stereocenters. The highest BCUT2D eigenvalue weighted by Gasteiger charge is 2.64. The Morgan fingerprint density at radius 1 is 0.662 bits per heavy atom. The van der Waals surface area contributed by atoms with E-state index in [1.54, 1.807) is 0 Å². The first-order valence-electron chi connectivity index (χ1n) is 24.4. The number of hydrogen-bond donors (Lipinski definition) is 0. The van der Waals surface area contributed by atoms with E-state index < -0.39 is 54.6 Å². The molecule has 366 valence electrons. The van der Waals surface area contributed by atoms with Gasteiger partial charge >= 0.3 is 17.9 Å². The van der Waals surface area contributed by atoms with E-state index in [1.807, 2.05) is 0 Å². The highest BCUT2D eigenvalue weighted by Crippen LogP contribution is 2.58. The lowest BCUT2D eigenvalue weighted by Crippen LogP contribution is -2.70. The van der Waals surface area contributed by atoms with Crippen molar-refractivity contribution in [2.75, 3.05) is 19.8 Å². The molecular formula is C53H88O9Si3. The average molecular weight is 954 g/mol. The van der Waals surface area contributed by atoms with Gasteiger partial charge in [0, 0.05) is 46.0 Å². The summed E-state index contributed by atoms with van der Waals surface area (Å²) in [5.74, 6) is -1.82. The van der Waals surface area contributed by atoms with E-state index in [-0.39, 0.29) is 69.3 Å². The molecule has 2 saturated carbocycles. The second-order valence-corrected chi connectivity index (χ2v) is 38.0. The van der Waals surface area contributed by atoms with Crippen LogP contribution in [0.1, 0.15) is 123 Å². The monoisotopic (exact) mass is 953 g/mol. The summed E-state index contributed by atoms with van der Waals surface area (Å²) in [6.45, 7) is 41.5. The minimum absolute atomic E-state index is 0.00387. The van der Waals surface area contributed by atoms with Gasteiger partial charge in [-0.1, -0.05) is 144 Å². The van der Waals surface area contributed by atoms with Crippen LogP contribution in [0.15, 0.2) is 60.7 Å². The van der Waals surface area contributed by atoms with Gasteiger partial charge in [-0.15, -0.1) is 0 Å². The first-order chi connectivity index (χ1) is 29.8. The van der Waals surface area contributed by atoms with Gasteiger partial charge in [0.2, 0.25) is 0 Å². The van der Waals surface area contributed by atoms with Crippen LogP contribution in [-0.2, 0) is 41.9 Å². The van der Waals surface area contributed by atoms with Crippen molar-refractivity contribution in [3.8, 4) is 0 Å². The summed E-state index contributed by atoms with van der Waals surface area (Å²) < 4.78 is 41.4. The zero-order valence-electron chi connectivity index (χ0n) is 43.9. The third-order valence-corrected chi connectivity index (χ3v) is 30.2. The van der Waals surface area contributed by atoms with Crippen LogP contribution in [0.2, 0.25) is 41.3 Å². The van der Waals surface area contributed by atoms with Gasteiger partial charge in [0.05, 0.1) is 0 Å². The Labute approximate surface area is 397 Å². The molecule has 12 heteroatoms. The molecule has 0 saturated heterocycles. The van der Waals surface area contributed by atoms with Crippen molar-refractivity contribution in [2.45, 2.75) is 182 Å². The topological polar surface area (TPSA) is 107 Å². The fraction of sp³-hybridized carbons (Fsp3) is 0.717. The fourth-order valence-electron chi connectivity index (χ4n) is 10.5. The van der Waals surface area contributed by atoms with Crippen LogP contribution < -0.4 is 10.4 Å². The van der Waals surface area contributed by atoms with Crippen LogP contribution in [0, 0.1) is 41.4 Å². The van der Waals surface area contributed by atoms with E-state index in [9.17, 15) is 14.4 Å². The van der Waals surface area contributed by atoms with Crippen molar-refractivity contribution < 1.29 is 41.9 Å². The normalized spacial score (nSPS) is 25.6. The Hall–Kier alpha value is -2.62. The van der Waals surface area contributed by atoms with Crippen LogP contribution in [0.4, 0.5) is 0 Å². The summed E-state index contributed by atoms with van der Waals surface area (Å²) in [7, 11) is -7.46. The maximum Gasteiger partial charge on any atom is 0.303 e. The summed E-state index contributed by atoms with van der Waals surface area (Å²) in [4.78, 5) is 39.8. The van der Waals surface area contributed by atoms with Gasteiger partial charge in [0.25, 0.3) is 8.32 Å². The number of rotatable bonds is 17. The third-order valence-electron chi connectivity index (χ3n) is 16.1. The van der Waals surface area contributed by atoms with Gasteiger partial charge in [-0.25, -0.2) is 0 Å². The number of hydrogen-bond acceptors (Lipinski definition) is 9. The van der Waals surface area contributed by atoms with Crippen LogP contribution in [0.25, 0.3) is 0 Å². The van der Waals surface area contributed by atoms with Crippen LogP contribution in [0.3, 0.4) is 0 Å². The van der Waals surface area contributed by atoms with Crippen LogP contribution in [-0.4, -0.2) is 80.5 Å². The molecule has 2 aliphatic rings. The van der Waals surface area contributed by atoms with Crippen molar-refractivity contribution in [3.05, 3.63) is 60.7 Å². The van der Waals surface area contributed by atoms with Gasteiger partial charge in [-0.3, -0.25) is 14.4 Å². The molecule has 9 nitrogen and oxygen atoms in total. The number of carbonyl (C=O) groups excluding carboxylic acids is 3. The Balaban J connectivity index is 2.07. The third kappa shape index (κ3) is 12.5. The molecule has 0 bridgehead atoms. The zero-order valence-corrected chi connectivity index (χ0v) is 46.9. The molecular weight excluding hydrogens is 865 g/mol. The molecule has 0 heterocycles. The van der Waals surface area contributed by atoms with E-state index in [0.717, 1.165) is 0 Å². The van der Waals surface area contributed by atoms with E-state index in [4.69, 9.17) is 27.5 Å². The fourth-order valence-corrected chi connectivity index (χ4v) is 17.4. The number of carbonyl (C=O) groups is 3. The lowest BCUT2D eigenvalue weighted by molar-refractivity contribution is -0.245. The molecule has 0 aliphatic heterocycles. The van der Waals surface area contributed by atoms with Gasteiger partial charge in [0.15, 0.2) is 22.2 Å². The van der Waals surface area contributed by atoms with Crippen LogP contribution in [0.5, 0.6) is 0 Å². The summed E-state index contributed by atoms with van der Waals surface area (Å²) >= 11 is 0. The molecule has 0 amide bonds. The van der Waals surface area contributed by atoms with E-state index in [2.05, 4.69) is 170 Å². The first-order valence-corrected chi connectivity index (χ1v) is 32.1. The summed E-state index contributed by atoms with van der Waals surface area (Å²) in [6, 6.07) is 21.7. The Morgan fingerprint density at radius 3 is 1.57 bits per heavy atom. The standard InChI is InChI=1S/C53H88O9Si3/c1-36(2)47(34-59-64(18,19)51(10,11)12)46-32-53(61-40(6)56,35-57-38(4)54)49(60-39(5)55)48-44(37(3)33-58-63(16,17)50(7,8)9)30-41(31-45(46)48)62-65(52(13,14)15,42-26-22-20-23-27-42)43-28-24-21-25-29-43/h20-29,36-37,41,44-49H,30-35H2,1-19H3/t37-,41-,44+,45-,46-,47-,48-,49+,53+/m1/s1. The number of benzene rings is 2. The van der Waals surface area contributed by atoms with E-state index in [0.29, 0.717) is 32.5 Å². The molecule has 4 rings (SSSR count). The summed E-state index contributed by atoms with van der Waals surface area (Å²) in [5.41, 5.74) is -1.44. The predicted octanol–water partition coefficient (Wildman–Crippen LogP) is 11.3. The summed E-state index contributed by atoms with van der Waals surface area (Å²) in [5, 5.41) is 2.18. The Kier molecular flexibility index (Phi) is 17.7. The highest BCUT2D eigenvalue weighted by molar-refractivity contribution is 6.99. The SMILES string of the molecule is CC(=O)OC[C@@]1(OC(C)=O)C[C@@H]([C@H](CO[Si](C)(C)C(C)(C)C)C(C)C)[C@H]2C[C@H](O[Si](c3ccccc3)(c3ccccc3)C(C)(C)C)C[C@@H]([C@H](C)CO[Si](C)(C)C(C)(C)C)[C@H]2[C@@H]1OC(C)=O. The maximum atomic E-state index is 13.5. The molecule has 9 atom stereocenters. The molecule has 2 fully saturated rings. The lowest BCUT2D eigenvalue weighted by atomic mass is 9.51. The van der Waals surface area contributed by atoms with Gasteiger partial charge in [-0.2, -0.15) is 0 Å². The van der Waals surface area contributed by atoms with E-state index in [1.165, 1.54) is 31.1 Å². The first kappa shape index (κ1) is 55.0. The van der Waals surface area contributed by atoms with Crippen molar-refractivity contribution >= 4 is 53.2 Å². The number of fused-ring (bicyclic) bond motifs is 1. The van der Waals surface area contributed by atoms with Gasteiger partial charge in [0.1, 0.15) is 12.7 Å². The molecule has 0 aromatic heterocycles.